The van der Waals surface area contributed by atoms with E-state index in [1.165, 1.54) is 13.2 Å². The van der Waals surface area contributed by atoms with E-state index in [0.29, 0.717) is 11.3 Å². The lowest BCUT2D eigenvalue weighted by atomic mass is 10.1. The molecule has 0 aliphatic carbocycles. The minimum atomic E-state index is -0.247. The minimum absolute atomic E-state index is 0.138. The largest absolute Gasteiger partial charge is 0.496 e. The van der Waals surface area contributed by atoms with Gasteiger partial charge in [-0.3, -0.25) is 0 Å². The zero-order chi connectivity index (χ0) is 10.1. The molecule has 0 atom stereocenters. The lowest BCUT2D eigenvalue weighted by Gasteiger charge is -2.06. The van der Waals surface area contributed by atoms with Crippen molar-refractivity contribution in [2.75, 3.05) is 7.11 Å². The van der Waals surface area contributed by atoms with E-state index in [0.717, 1.165) is 21.4 Å². The fourth-order valence-corrected chi connectivity index (χ4v) is 2.37. The Kier molecular flexibility index (Phi) is 2.39. The molecule has 0 radical (unpaired) electrons. The zero-order valence-corrected chi connectivity index (χ0v) is 8.40. The van der Waals surface area contributed by atoms with Gasteiger partial charge in [0.1, 0.15) is 5.75 Å². The third kappa shape index (κ3) is 1.36. The van der Waals surface area contributed by atoms with Gasteiger partial charge in [-0.25, -0.2) is 0 Å². The SMILES string of the molecule is COc1ccc2cc(F)sc2c1CO. The maximum Gasteiger partial charge on any atom is 0.177 e. The molecule has 1 aromatic heterocycles. The number of hydrogen-bond donors (Lipinski definition) is 1. The third-order valence-electron chi connectivity index (χ3n) is 2.09. The molecule has 4 heteroatoms. The zero-order valence-electron chi connectivity index (χ0n) is 7.58. The second kappa shape index (κ2) is 3.55. The Balaban J connectivity index is 2.75. The monoisotopic (exact) mass is 212 g/mol. The molecule has 1 N–H and O–H groups in total. The van der Waals surface area contributed by atoms with Crippen LogP contribution in [0.15, 0.2) is 18.2 Å². The second-order valence-electron chi connectivity index (χ2n) is 2.87. The maximum atomic E-state index is 13.0. The normalized spacial score (nSPS) is 10.8. The maximum absolute atomic E-state index is 13.0. The van der Waals surface area contributed by atoms with E-state index in [1.54, 1.807) is 12.1 Å². The molecule has 0 saturated carbocycles. The minimum Gasteiger partial charge on any atom is -0.496 e. The van der Waals surface area contributed by atoms with Gasteiger partial charge in [0.2, 0.25) is 0 Å². The first-order valence-corrected chi connectivity index (χ1v) is 4.93. The molecule has 2 rings (SSSR count). The average Bonchev–Trinajstić information content (AvgIpc) is 2.56. The summed E-state index contributed by atoms with van der Waals surface area (Å²) < 4.78 is 18.8. The van der Waals surface area contributed by atoms with Crippen molar-refractivity contribution in [3.63, 3.8) is 0 Å². The highest BCUT2D eigenvalue weighted by Crippen LogP contribution is 2.33. The van der Waals surface area contributed by atoms with Gasteiger partial charge in [-0.1, -0.05) is 0 Å². The van der Waals surface area contributed by atoms with Gasteiger partial charge >= 0.3 is 0 Å². The van der Waals surface area contributed by atoms with Crippen molar-refractivity contribution >= 4 is 21.4 Å². The average molecular weight is 212 g/mol. The van der Waals surface area contributed by atoms with Crippen molar-refractivity contribution in [3.05, 3.63) is 28.9 Å². The van der Waals surface area contributed by atoms with Crippen molar-refractivity contribution in [3.8, 4) is 5.75 Å². The summed E-state index contributed by atoms with van der Waals surface area (Å²) >= 11 is 1.03. The molecule has 1 aromatic carbocycles. The lowest BCUT2D eigenvalue weighted by Crippen LogP contribution is -1.91. The quantitative estimate of drug-likeness (QED) is 0.829. The summed E-state index contributed by atoms with van der Waals surface area (Å²) in [5.74, 6) is 0.599. The van der Waals surface area contributed by atoms with Crippen LogP contribution in [0.2, 0.25) is 0 Å². The van der Waals surface area contributed by atoms with Crippen LogP contribution < -0.4 is 4.74 Å². The first-order valence-electron chi connectivity index (χ1n) is 4.12. The number of thiophene rings is 1. The van der Waals surface area contributed by atoms with E-state index < -0.39 is 0 Å². The summed E-state index contributed by atoms with van der Waals surface area (Å²) in [6, 6.07) is 4.98. The molecule has 0 aliphatic heterocycles. The summed E-state index contributed by atoms with van der Waals surface area (Å²) in [4.78, 5) is 0. The number of aliphatic hydroxyl groups is 1. The molecule has 0 saturated heterocycles. The standard InChI is InChI=1S/C10H9FO2S/c1-13-8-3-2-6-4-9(11)14-10(6)7(8)5-12/h2-4,12H,5H2,1H3. The van der Waals surface area contributed by atoms with Crippen LogP contribution >= 0.6 is 11.3 Å². The van der Waals surface area contributed by atoms with Gasteiger partial charge in [0.25, 0.3) is 0 Å². The summed E-state index contributed by atoms with van der Waals surface area (Å²) in [5.41, 5.74) is 0.652. The molecule has 1 heterocycles. The number of methoxy groups -OCH3 is 1. The van der Waals surface area contributed by atoms with Crippen LogP contribution in [0, 0.1) is 5.13 Å². The molecule has 2 aromatic rings. The van der Waals surface area contributed by atoms with Crippen molar-refractivity contribution in [2.45, 2.75) is 6.61 Å². The fraction of sp³-hybridized carbons (Fsp3) is 0.200. The van der Waals surface area contributed by atoms with E-state index in [2.05, 4.69) is 0 Å². The smallest absolute Gasteiger partial charge is 0.177 e. The molecular weight excluding hydrogens is 203 g/mol. The van der Waals surface area contributed by atoms with Crippen LogP contribution in [0.25, 0.3) is 10.1 Å². The van der Waals surface area contributed by atoms with Crippen molar-refractivity contribution in [1.82, 2.24) is 0 Å². The number of benzene rings is 1. The number of aliphatic hydroxyl groups excluding tert-OH is 1. The Morgan fingerprint density at radius 3 is 2.93 bits per heavy atom. The van der Waals surface area contributed by atoms with Crippen LogP contribution in [-0.2, 0) is 6.61 Å². The number of ether oxygens (including phenoxy) is 1. The summed E-state index contributed by atoms with van der Waals surface area (Å²) in [7, 11) is 1.53. The van der Waals surface area contributed by atoms with Crippen molar-refractivity contribution in [1.29, 1.82) is 0 Å². The van der Waals surface area contributed by atoms with Gasteiger partial charge in [0.15, 0.2) is 5.13 Å². The first kappa shape index (κ1) is 9.43. The topological polar surface area (TPSA) is 29.5 Å². The van der Waals surface area contributed by atoms with Crippen LogP contribution in [0.5, 0.6) is 5.75 Å². The molecular formula is C10H9FO2S. The number of rotatable bonds is 2. The predicted molar refractivity (Wildman–Crippen MR) is 54.3 cm³/mol. The molecule has 0 aliphatic rings. The highest BCUT2D eigenvalue weighted by atomic mass is 32.1. The molecule has 0 bridgehead atoms. The Hall–Kier alpha value is -1.13. The molecule has 0 unspecified atom stereocenters. The van der Waals surface area contributed by atoms with Crippen molar-refractivity contribution in [2.24, 2.45) is 0 Å². The molecule has 0 fully saturated rings. The predicted octanol–water partition coefficient (Wildman–Crippen LogP) is 2.54. The number of halogens is 1. The molecule has 14 heavy (non-hydrogen) atoms. The summed E-state index contributed by atoms with van der Waals surface area (Å²) in [5, 5.41) is 9.72. The van der Waals surface area contributed by atoms with Gasteiger partial charge in [-0.2, -0.15) is 4.39 Å². The summed E-state index contributed by atoms with van der Waals surface area (Å²) in [6.45, 7) is -0.138. The second-order valence-corrected chi connectivity index (χ2v) is 3.88. The van der Waals surface area contributed by atoms with Crippen LogP contribution in [0.4, 0.5) is 4.39 Å². The van der Waals surface area contributed by atoms with Gasteiger partial charge in [0, 0.05) is 10.3 Å². The lowest BCUT2D eigenvalue weighted by molar-refractivity contribution is 0.276. The van der Waals surface area contributed by atoms with Gasteiger partial charge in [-0.15, -0.1) is 11.3 Å². The van der Waals surface area contributed by atoms with Gasteiger partial charge < -0.3 is 9.84 Å². The Morgan fingerprint density at radius 1 is 1.50 bits per heavy atom. The van der Waals surface area contributed by atoms with Gasteiger partial charge in [0.05, 0.1) is 13.7 Å². The highest BCUT2D eigenvalue weighted by molar-refractivity contribution is 7.17. The number of hydrogen-bond acceptors (Lipinski definition) is 3. The molecule has 0 amide bonds. The van der Waals surface area contributed by atoms with Gasteiger partial charge in [-0.05, 0) is 23.6 Å². The fourth-order valence-electron chi connectivity index (χ4n) is 1.45. The van der Waals surface area contributed by atoms with Crippen LogP contribution in [0.3, 0.4) is 0 Å². The number of fused-ring (bicyclic) bond motifs is 1. The Morgan fingerprint density at radius 2 is 2.29 bits per heavy atom. The Labute approximate surface area is 84.6 Å². The molecule has 74 valence electrons. The van der Waals surface area contributed by atoms with E-state index in [4.69, 9.17) is 9.84 Å². The van der Waals surface area contributed by atoms with E-state index in [-0.39, 0.29) is 11.7 Å². The van der Waals surface area contributed by atoms with E-state index in [1.807, 2.05) is 0 Å². The Bertz CT molecular complexity index is 464. The van der Waals surface area contributed by atoms with Crippen LogP contribution in [0.1, 0.15) is 5.56 Å². The first-order chi connectivity index (χ1) is 6.76. The molecule has 2 nitrogen and oxygen atoms in total. The van der Waals surface area contributed by atoms with E-state index in [9.17, 15) is 4.39 Å². The third-order valence-corrected chi connectivity index (χ3v) is 3.09. The molecule has 0 spiro atoms. The summed E-state index contributed by atoms with van der Waals surface area (Å²) in [6.07, 6.45) is 0. The van der Waals surface area contributed by atoms with Crippen molar-refractivity contribution < 1.29 is 14.2 Å². The van der Waals surface area contributed by atoms with E-state index >= 15 is 0 Å². The highest BCUT2D eigenvalue weighted by Gasteiger charge is 2.10. The van der Waals surface area contributed by atoms with Crippen LogP contribution in [-0.4, -0.2) is 12.2 Å².